The summed E-state index contributed by atoms with van der Waals surface area (Å²) in [6.45, 7) is 10.1. The van der Waals surface area contributed by atoms with Crippen molar-refractivity contribution < 1.29 is 18.0 Å². The van der Waals surface area contributed by atoms with Crippen LogP contribution in [0.4, 0.5) is 5.69 Å². The quantitative estimate of drug-likeness (QED) is 0.478. The molecule has 1 atom stereocenters. The van der Waals surface area contributed by atoms with E-state index in [4.69, 9.17) is 23.2 Å². The summed E-state index contributed by atoms with van der Waals surface area (Å²) in [7, 11) is -1.25. The first-order valence-electron chi connectivity index (χ1n) is 11.8. The molecule has 0 aliphatic carbocycles. The molecule has 0 aromatic heterocycles. The number of nitrogens with zero attached hydrogens (tertiary/aromatic N) is 3. The second-order valence-corrected chi connectivity index (χ2v) is 13.1. The number of amides is 2. The van der Waals surface area contributed by atoms with Crippen LogP contribution in [0.5, 0.6) is 0 Å². The lowest BCUT2D eigenvalue weighted by molar-refractivity contribution is -0.140. The molecule has 0 fully saturated rings. The second-order valence-electron chi connectivity index (χ2n) is 10.2. The van der Waals surface area contributed by atoms with Gasteiger partial charge in [-0.1, -0.05) is 41.4 Å². The smallest absolute Gasteiger partial charge is 0.304 e. The van der Waals surface area contributed by atoms with Gasteiger partial charge in [-0.25, -0.2) is 4.31 Å². The molecule has 2 aromatic rings. The van der Waals surface area contributed by atoms with E-state index in [0.717, 1.165) is 14.2 Å². The van der Waals surface area contributed by atoms with Gasteiger partial charge < -0.3 is 10.2 Å². The Morgan fingerprint density at radius 1 is 1.03 bits per heavy atom. The van der Waals surface area contributed by atoms with Crippen LogP contribution in [0.1, 0.15) is 44.4 Å². The summed E-state index contributed by atoms with van der Waals surface area (Å²) in [5, 5.41) is 3.55. The van der Waals surface area contributed by atoms with Crippen molar-refractivity contribution in [1.29, 1.82) is 0 Å². The predicted molar refractivity (Wildman–Crippen MR) is 150 cm³/mol. The summed E-state index contributed by atoms with van der Waals surface area (Å²) in [5.74, 6) is -0.975. The Kier molecular flexibility index (Phi) is 10.0. The summed E-state index contributed by atoms with van der Waals surface area (Å²) in [4.78, 5) is 28.3. The van der Waals surface area contributed by atoms with E-state index >= 15 is 0 Å². The molecular weight excluding hydrogens is 535 g/mol. The topological polar surface area (TPSA) is 90.0 Å². The number of hydrogen-bond donors (Lipinski definition) is 1. The molecule has 0 aliphatic rings. The second kappa shape index (κ2) is 12.0. The van der Waals surface area contributed by atoms with E-state index < -0.39 is 40.1 Å². The van der Waals surface area contributed by atoms with Crippen LogP contribution in [0.15, 0.2) is 36.4 Å². The van der Waals surface area contributed by atoms with Crippen LogP contribution >= 0.6 is 23.2 Å². The average molecular weight is 572 g/mol. The monoisotopic (exact) mass is 570 g/mol. The molecule has 37 heavy (non-hydrogen) atoms. The highest BCUT2D eigenvalue weighted by atomic mass is 35.5. The molecule has 0 saturated heterocycles. The molecule has 0 aliphatic heterocycles. The van der Waals surface area contributed by atoms with Crippen LogP contribution in [0, 0.1) is 13.8 Å². The van der Waals surface area contributed by atoms with Crippen LogP contribution in [0.2, 0.25) is 10.0 Å². The molecule has 0 bridgehead atoms. The summed E-state index contributed by atoms with van der Waals surface area (Å²) < 4.78 is 28.9. The predicted octanol–water partition coefficient (Wildman–Crippen LogP) is 4.56. The molecule has 0 saturated carbocycles. The van der Waals surface area contributed by atoms with Crippen molar-refractivity contribution in [2.75, 3.05) is 24.9 Å². The molecule has 1 N–H and O–H groups in total. The van der Waals surface area contributed by atoms with E-state index in [1.54, 1.807) is 44.2 Å². The Labute approximate surface area is 230 Å². The van der Waals surface area contributed by atoms with Crippen molar-refractivity contribution in [3.63, 3.8) is 0 Å². The summed E-state index contributed by atoms with van der Waals surface area (Å²) in [6.07, 6.45) is 0. The number of carbonyl (C=O) groups is 2. The number of halogens is 2. The Morgan fingerprint density at radius 2 is 1.59 bits per heavy atom. The highest BCUT2D eigenvalue weighted by Gasteiger charge is 2.34. The van der Waals surface area contributed by atoms with Gasteiger partial charge in [-0.3, -0.25) is 9.59 Å². The highest BCUT2D eigenvalue weighted by Crippen LogP contribution is 2.29. The minimum absolute atomic E-state index is 0.0846. The minimum Gasteiger partial charge on any atom is -0.350 e. The number of benzene rings is 2. The van der Waals surface area contributed by atoms with Crippen molar-refractivity contribution in [2.45, 2.75) is 59.7 Å². The Balaban J connectivity index is 2.58. The van der Waals surface area contributed by atoms with Gasteiger partial charge in [-0.05, 0) is 70.9 Å². The third-order valence-electron chi connectivity index (χ3n) is 5.71. The van der Waals surface area contributed by atoms with Gasteiger partial charge in [0.2, 0.25) is 11.8 Å². The van der Waals surface area contributed by atoms with Gasteiger partial charge in [0.05, 0.1) is 5.69 Å². The van der Waals surface area contributed by atoms with Gasteiger partial charge in [0, 0.05) is 41.8 Å². The summed E-state index contributed by atoms with van der Waals surface area (Å²) >= 11 is 12.8. The molecule has 8 nitrogen and oxygen atoms in total. The molecule has 0 unspecified atom stereocenters. The van der Waals surface area contributed by atoms with Gasteiger partial charge in [0.1, 0.15) is 12.6 Å². The molecular formula is C26H36Cl2N4O4S. The lowest BCUT2D eigenvalue weighted by atomic mass is 10.1. The van der Waals surface area contributed by atoms with Gasteiger partial charge >= 0.3 is 10.2 Å². The van der Waals surface area contributed by atoms with Crippen LogP contribution in [0.25, 0.3) is 0 Å². The maximum Gasteiger partial charge on any atom is 0.304 e. The molecule has 204 valence electrons. The first-order chi connectivity index (χ1) is 17.0. The fourth-order valence-electron chi connectivity index (χ4n) is 3.60. The van der Waals surface area contributed by atoms with Crippen molar-refractivity contribution in [3.8, 4) is 0 Å². The van der Waals surface area contributed by atoms with Crippen molar-refractivity contribution >= 4 is 50.9 Å². The summed E-state index contributed by atoms with van der Waals surface area (Å²) in [5.41, 5.74) is 1.82. The van der Waals surface area contributed by atoms with Gasteiger partial charge in [-0.15, -0.1) is 0 Å². The van der Waals surface area contributed by atoms with Gasteiger partial charge in [0.15, 0.2) is 0 Å². The van der Waals surface area contributed by atoms with Crippen molar-refractivity contribution in [2.24, 2.45) is 0 Å². The zero-order chi connectivity index (χ0) is 28.3. The number of carbonyl (C=O) groups excluding carboxylic acids is 2. The SMILES string of the molecule is Cc1ccc(C)c(N(CC(=O)N(Cc2c(Cl)cccc2Cl)[C@H](C)C(=O)NC(C)(C)C)S(=O)(=O)N(C)C)c1. The number of aryl methyl sites for hydroxylation is 2. The molecule has 11 heteroatoms. The fraction of sp³-hybridized carbons (Fsp3) is 0.462. The Bertz CT molecular complexity index is 1240. The molecule has 2 aromatic carbocycles. The van der Waals surface area contributed by atoms with E-state index in [1.807, 2.05) is 33.8 Å². The first-order valence-corrected chi connectivity index (χ1v) is 13.9. The zero-order valence-electron chi connectivity index (χ0n) is 22.6. The lowest BCUT2D eigenvalue weighted by Crippen LogP contribution is -2.55. The minimum atomic E-state index is -4.06. The Hall–Kier alpha value is -2.33. The van der Waals surface area contributed by atoms with E-state index in [2.05, 4.69) is 5.32 Å². The number of nitrogens with one attached hydrogen (secondary N) is 1. The number of rotatable bonds is 9. The molecule has 0 heterocycles. The first kappa shape index (κ1) is 30.9. The Morgan fingerprint density at radius 3 is 2.11 bits per heavy atom. The zero-order valence-corrected chi connectivity index (χ0v) is 24.9. The normalized spacial score (nSPS) is 12.8. The maximum absolute atomic E-state index is 13.9. The van der Waals surface area contributed by atoms with Crippen LogP contribution in [-0.4, -0.2) is 61.7 Å². The van der Waals surface area contributed by atoms with Crippen LogP contribution < -0.4 is 9.62 Å². The van der Waals surface area contributed by atoms with E-state index in [9.17, 15) is 18.0 Å². The third-order valence-corrected chi connectivity index (χ3v) is 8.22. The van der Waals surface area contributed by atoms with Crippen LogP contribution in [-0.2, 0) is 26.3 Å². The van der Waals surface area contributed by atoms with Crippen molar-refractivity contribution in [1.82, 2.24) is 14.5 Å². The molecule has 2 amide bonds. The fourth-order valence-corrected chi connectivity index (χ4v) is 5.23. The van der Waals surface area contributed by atoms with Crippen LogP contribution in [0.3, 0.4) is 0 Å². The van der Waals surface area contributed by atoms with E-state index in [-0.39, 0.29) is 6.54 Å². The largest absolute Gasteiger partial charge is 0.350 e. The molecule has 0 radical (unpaired) electrons. The number of anilines is 1. The number of hydrogen-bond acceptors (Lipinski definition) is 4. The molecule has 2 rings (SSSR count). The summed E-state index contributed by atoms with van der Waals surface area (Å²) in [6, 6.07) is 9.41. The third kappa shape index (κ3) is 7.83. The lowest BCUT2D eigenvalue weighted by Gasteiger charge is -2.34. The maximum atomic E-state index is 13.9. The van der Waals surface area contributed by atoms with Gasteiger partial charge in [-0.2, -0.15) is 12.7 Å². The average Bonchev–Trinajstić information content (AvgIpc) is 2.77. The van der Waals surface area contributed by atoms with E-state index in [0.29, 0.717) is 26.9 Å². The molecule has 0 spiro atoms. The highest BCUT2D eigenvalue weighted by molar-refractivity contribution is 7.90. The van der Waals surface area contributed by atoms with Crippen molar-refractivity contribution in [3.05, 3.63) is 63.1 Å². The van der Waals surface area contributed by atoms with E-state index in [1.165, 1.54) is 19.0 Å². The standard InChI is InChI=1S/C26H36Cl2N4O4S/c1-17-12-13-18(2)23(14-17)32(37(35,36)30(7)8)16-24(33)31(19(3)25(34)29-26(4,5)6)15-20-21(27)10-9-11-22(20)28/h9-14,19H,15-16H2,1-8H3,(H,29,34)/t19-/m1/s1. The van der Waals surface area contributed by atoms with Gasteiger partial charge in [0.25, 0.3) is 0 Å².